The summed E-state index contributed by atoms with van der Waals surface area (Å²) in [5.74, 6) is 0.475. The van der Waals surface area contributed by atoms with Gasteiger partial charge in [0.05, 0.1) is 0 Å². The lowest BCUT2D eigenvalue weighted by Crippen LogP contribution is -2.26. The molecule has 0 aliphatic carbocycles. The van der Waals surface area contributed by atoms with Crippen LogP contribution in [0.5, 0.6) is 0 Å². The maximum atomic E-state index is 6.23. The highest BCUT2D eigenvalue weighted by Crippen LogP contribution is 2.21. The van der Waals surface area contributed by atoms with Gasteiger partial charge in [-0.2, -0.15) is 0 Å². The van der Waals surface area contributed by atoms with Gasteiger partial charge in [0.2, 0.25) is 0 Å². The summed E-state index contributed by atoms with van der Waals surface area (Å²) in [5, 5.41) is 0. The van der Waals surface area contributed by atoms with Gasteiger partial charge in [-0.05, 0) is 17.9 Å². The van der Waals surface area contributed by atoms with Crippen molar-refractivity contribution in [3.8, 4) is 0 Å². The predicted octanol–water partition coefficient (Wildman–Crippen LogP) is 4.09. The number of hydrogen-bond acceptors (Lipinski definition) is 1. The Morgan fingerprint density at radius 3 is 2.38 bits per heavy atom. The van der Waals surface area contributed by atoms with Gasteiger partial charge in [0.1, 0.15) is 0 Å². The fraction of sp³-hybridized carbons (Fsp3) is 0.600. The van der Waals surface area contributed by atoms with Gasteiger partial charge < -0.3 is 5.73 Å². The zero-order chi connectivity index (χ0) is 11.8. The summed E-state index contributed by atoms with van der Waals surface area (Å²) in [4.78, 5) is 0. The molecule has 0 aromatic heterocycles. The van der Waals surface area contributed by atoms with E-state index in [-0.39, 0.29) is 0 Å². The first kappa shape index (κ1) is 13.2. The largest absolute Gasteiger partial charge is 0.327 e. The van der Waals surface area contributed by atoms with Crippen LogP contribution in [0.3, 0.4) is 0 Å². The average molecular weight is 219 g/mol. The van der Waals surface area contributed by atoms with E-state index in [1.54, 1.807) is 0 Å². The summed E-state index contributed by atoms with van der Waals surface area (Å²) in [6, 6.07) is 10.9. The molecule has 0 saturated heterocycles. The Labute approximate surface area is 100 Å². The van der Waals surface area contributed by atoms with Crippen molar-refractivity contribution in [1.29, 1.82) is 0 Å². The van der Waals surface area contributed by atoms with Crippen molar-refractivity contribution in [2.24, 2.45) is 5.73 Å². The quantitative estimate of drug-likeness (QED) is 0.687. The Kier molecular flexibility index (Phi) is 6.17. The number of rotatable bonds is 7. The number of hydrogen-bond donors (Lipinski definition) is 1. The van der Waals surface area contributed by atoms with Gasteiger partial charge >= 0.3 is 0 Å². The van der Waals surface area contributed by atoms with Gasteiger partial charge in [-0.3, -0.25) is 0 Å². The first-order valence-corrected chi connectivity index (χ1v) is 6.56. The standard InChI is InChI=1S/C15H25N/c1-3-4-5-9-12-15(16)13(2)14-10-7-6-8-11-14/h6-8,10-11,13,15H,3-5,9,12,16H2,1-2H3. The first-order chi connectivity index (χ1) is 7.75. The number of unbranched alkanes of at least 4 members (excludes halogenated alkanes) is 3. The van der Waals surface area contributed by atoms with Crippen molar-refractivity contribution in [2.75, 3.05) is 0 Å². The Bertz CT molecular complexity index is 268. The molecule has 0 saturated carbocycles. The molecule has 1 heteroatoms. The molecule has 0 aliphatic rings. The second-order valence-electron chi connectivity index (χ2n) is 4.71. The molecular formula is C15H25N. The third-order valence-corrected chi connectivity index (χ3v) is 3.36. The highest BCUT2D eigenvalue weighted by Gasteiger charge is 2.13. The normalized spacial score (nSPS) is 14.7. The van der Waals surface area contributed by atoms with E-state index in [0.29, 0.717) is 12.0 Å². The fourth-order valence-corrected chi connectivity index (χ4v) is 2.06. The van der Waals surface area contributed by atoms with Gasteiger partial charge in [-0.1, -0.05) is 69.9 Å². The van der Waals surface area contributed by atoms with Crippen LogP contribution in [0.25, 0.3) is 0 Å². The molecule has 0 aliphatic heterocycles. The highest BCUT2D eigenvalue weighted by molar-refractivity contribution is 5.20. The Balaban J connectivity index is 2.33. The summed E-state index contributed by atoms with van der Waals surface area (Å²) in [6.07, 6.45) is 6.38. The molecule has 2 N–H and O–H groups in total. The zero-order valence-electron chi connectivity index (χ0n) is 10.7. The van der Waals surface area contributed by atoms with Crippen LogP contribution in [0.4, 0.5) is 0 Å². The Morgan fingerprint density at radius 2 is 1.75 bits per heavy atom. The van der Waals surface area contributed by atoms with Crippen LogP contribution in [0, 0.1) is 0 Å². The summed E-state index contributed by atoms with van der Waals surface area (Å²) < 4.78 is 0. The molecule has 0 fully saturated rings. The van der Waals surface area contributed by atoms with Crippen molar-refractivity contribution < 1.29 is 0 Å². The zero-order valence-corrected chi connectivity index (χ0v) is 10.7. The number of nitrogens with two attached hydrogens (primary N) is 1. The van der Waals surface area contributed by atoms with Crippen LogP contribution in [0.2, 0.25) is 0 Å². The molecule has 90 valence electrons. The van der Waals surface area contributed by atoms with Crippen LogP contribution in [-0.4, -0.2) is 6.04 Å². The van der Waals surface area contributed by atoms with E-state index in [2.05, 4.69) is 44.2 Å². The minimum absolute atomic E-state index is 0.305. The van der Waals surface area contributed by atoms with Crippen molar-refractivity contribution >= 4 is 0 Å². The van der Waals surface area contributed by atoms with Crippen molar-refractivity contribution in [3.05, 3.63) is 35.9 Å². The van der Waals surface area contributed by atoms with E-state index in [9.17, 15) is 0 Å². The van der Waals surface area contributed by atoms with Crippen molar-refractivity contribution in [1.82, 2.24) is 0 Å². The van der Waals surface area contributed by atoms with E-state index in [1.807, 2.05) is 0 Å². The molecule has 1 rings (SSSR count). The molecule has 0 amide bonds. The monoisotopic (exact) mass is 219 g/mol. The van der Waals surface area contributed by atoms with Gasteiger partial charge in [-0.15, -0.1) is 0 Å². The van der Waals surface area contributed by atoms with Crippen LogP contribution in [-0.2, 0) is 0 Å². The lowest BCUT2D eigenvalue weighted by Gasteiger charge is -2.20. The molecule has 1 aromatic carbocycles. The lowest BCUT2D eigenvalue weighted by molar-refractivity contribution is 0.493. The molecule has 16 heavy (non-hydrogen) atoms. The number of benzene rings is 1. The highest BCUT2D eigenvalue weighted by atomic mass is 14.6. The second-order valence-corrected chi connectivity index (χ2v) is 4.71. The molecule has 1 aromatic rings. The third-order valence-electron chi connectivity index (χ3n) is 3.36. The molecule has 0 radical (unpaired) electrons. The summed E-state index contributed by atoms with van der Waals surface area (Å²) in [5.41, 5.74) is 7.60. The average Bonchev–Trinajstić information content (AvgIpc) is 2.34. The Hall–Kier alpha value is -0.820. The minimum Gasteiger partial charge on any atom is -0.327 e. The van der Waals surface area contributed by atoms with E-state index in [1.165, 1.54) is 31.2 Å². The van der Waals surface area contributed by atoms with Crippen molar-refractivity contribution in [3.63, 3.8) is 0 Å². The summed E-state index contributed by atoms with van der Waals surface area (Å²) >= 11 is 0. The second kappa shape index (κ2) is 7.45. The van der Waals surface area contributed by atoms with Gasteiger partial charge in [0.15, 0.2) is 0 Å². The van der Waals surface area contributed by atoms with E-state index < -0.39 is 0 Å². The van der Waals surface area contributed by atoms with Crippen LogP contribution in [0.1, 0.15) is 57.4 Å². The van der Waals surface area contributed by atoms with E-state index in [0.717, 1.165) is 6.42 Å². The predicted molar refractivity (Wildman–Crippen MR) is 71.6 cm³/mol. The molecule has 0 heterocycles. The van der Waals surface area contributed by atoms with Crippen LogP contribution < -0.4 is 5.73 Å². The first-order valence-electron chi connectivity index (χ1n) is 6.56. The van der Waals surface area contributed by atoms with Gasteiger partial charge in [-0.25, -0.2) is 0 Å². The van der Waals surface area contributed by atoms with E-state index in [4.69, 9.17) is 5.73 Å². The minimum atomic E-state index is 0.305. The van der Waals surface area contributed by atoms with Crippen LogP contribution >= 0.6 is 0 Å². The summed E-state index contributed by atoms with van der Waals surface area (Å²) in [6.45, 7) is 4.48. The lowest BCUT2D eigenvalue weighted by atomic mass is 9.90. The smallest absolute Gasteiger partial charge is 0.0105 e. The topological polar surface area (TPSA) is 26.0 Å². The van der Waals surface area contributed by atoms with Crippen LogP contribution in [0.15, 0.2) is 30.3 Å². The Morgan fingerprint density at radius 1 is 1.06 bits per heavy atom. The molecule has 0 spiro atoms. The van der Waals surface area contributed by atoms with Gasteiger partial charge in [0.25, 0.3) is 0 Å². The maximum Gasteiger partial charge on any atom is 0.0105 e. The molecular weight excluding hydrogens is 194 g/mol. The maximum absolute atomic E-state index is 6.23. The third kappa shape index (κ3) is 4.36. The molecule has 0 bridgehead atoms. The fourth-order valence-electron chi connectivity index (χ4n) is 2.06. The van der Waals surface area contributed by atoms with E-state index >= 15 is 0 Å². The van der Waals surface area contributed by atoms with Gasteiger partial charge in [0, 0.05) is 6.04 Å². The SMILES string of the molecule is CCCCCCC(N)C(C)c1ccccc1. The summed E-state index contributed by atoms with van der Waals surface area (Å²) in [7, 11) is 0. The molecule has 2 unspecified atom stereocenters. The molecule has 2 atom stereocenters. The molecule has 1 nitrogen and oxygen atoms in total. The van der Waals surface area contributed by atoms with Crippen molar-refractivity contribution in [2.45, 2.75) is 57.9 Å².